The Balaban J connectivity index is 3.14. The average molecular weight is 237 g/mol. The smallest absolute Gasteiger partial charge is 0.303 e. The molecule has 0 aliphatic carbocycles. The molecular weight excluding hydrogens is 229 g/mol. The molecule has 0 heterocycles. The number of aldehydes is 1. The Hall–Kier alpha value is -1.03. The molecule has 0 saturated carbocycles. The number of alkyl halides is 3. The first-order chi connectivity index (χ1) is 6.86. The summed E-state index contributed by atoms with van der Waals surface area (Å²) >= 11 is 5.65. The van der Waals surface area contributed by atoms with Gasteiger partial charge in [-0.15, -0.1) is 0 Å². The predicted octanol–water partition coefficient (Wildman–Crippen LogP) is 3.66. The lowest BCUT2D eigenvalue weighted by atomic mass is 10.0. The maximum atomic E-state index is 12.3. The van der Waals surface area contributed by atoms with Crippen molar-refractivity contribution in [3.05, 3.63) is 34.3 Å². The van der Waals surface area contributed by atoms with Crippen LogP contribution in [0.5, 0.6) is 0 Å². The maximum absolute atomic E-state index is 12.3. The van der Waals surface area contributed by atoms with Crippen molar-refractivity contribution in [3.63, 3.8) is 0 Å². The summed E-state index contributed by atoms with van der Waals surface area (Å²) in [6.45, 7) is 1.57. The number of hydrogen-bond donors (Lipinski definition) is 0. The fourth-order valence-electron chi connectivity index (χ4n) is 1.15. The largest absolute Gasteiger partial charge is 0.416 e. The Labute approximate surface area is 89.9 Å². The van der Waals surface area contributed by atoms with E-state index < -0.39 is 17.7 Å². The van der Waals surface area contributed by atoms with Crippen molar-refractivity contribution in [2.45, 2.75) is 19.0 Å². The van der Waals surface area contributed by atoms with Gasteiger partial charge in [0.05, 0.1) is 5.56 Å². The summed E-state index contributed by atoms with van der Waals surface area (Å²) in [5.41, 5.74) is -0.408. The minimum absolute atomic E-state index is 0.0376. The first-order valence-corrected chi connectivity index (χ1v) is 4.56. The van der Waals surface area contributed by atoms with Gasteiger partial charge < -0.3 is 4.79 Å². The highest BCUT2D eigenvalue weighted by Crippen LogP contribution is 2.33. The van der Waals surface area contributed by atoms with Gasteiger partial charge in [-0.2, -0.15) is 13.2 Å². The first-order valence-electron chi connectivity index (χ1n) is 4.18. The molecule has 1 aromatic rings. The van der Waals surface area contributed by atoms with Crippen LogP contribution in [0.3, 0.4) is 0 Å². The van der Waals surface area contributed by atoms with Crippen molar-refractivity contribution in [1.29, 1.82) is 0 Å². The molecule has 1 nitrogen and oxygen atoms in total. The summed E-state index contributed by atoms with van der Waals surface area (Å²) < 4.78 is 36.8. The molecule has 82 valence electrons. The molecule has 0 aliphatic heterocycles. The van der Waals surface area contributed by atoms with Gasteiger partial charge in [-0.05, 0) is 17.7 Å². The van der Waals surface area contributed by atoms with Crippen LogP contribution in [-0.2, 0) is 11.0 Å². The summed E-state index contributed by atoms with van der Waals surface area (Å²) in [4.78, 5) is 10.5. The SMILES string of the molecule is CC(C=O)c1ccc(C(F)(F)F)cc1Cl. The van der Waals surface area contributed by atoms with E-state index in [0.29, 0.717) is 11.8 Å². The molecule has 1 atom stereocenters. The number of hydrogen-bond acceptors (Lipinski definition) is 1. The summed E-state index contributed by atoms with van der Waals surface area (Å²) in [6, 6.07) is 2.97. The average Bonchev–Trinajstić information content (AvgIpc) is 2.15. The van der Waals surface area contributed by atoms with Gasteiger partial charge in [0.1, 0.15) is 6.29 Å². The molecule has 1 aromatic carbocycles. The van der Waals surface area contributed by atoms with Crippen LogP contribution >= 0.6 is 11.6 Å². The van der Waals surface area contributed by atoms with E-state index in [9.17, 15) is 18.0 Å². The van der Waals surface area contributed by atoms with Gasteiger partial charge in [-0.25, -0.2) is 0 Å². The zero-order valence-electron chi connectivity index (χ0n) is 7.81. The van der Waals surface area contributed by atoms with Gasteiger partial charge in [0, 0.05) is 10.9 Å². The molecule has 1 unspecified atom stereocenters. The van der Waals surface area contributed by atoms with Crippen LogP contribution in [0.15, 0.2) is 18.2 Å². The van der Waals surface area contributed by atoms with Crippen LogP contribution in [0.1, 0.15) is 24.0 Å². The fraction of sp³-hybridized carbons (Fsp3) is 0.300. The number of benzene rings is 1. The second kappa shape index (κ2) is 4.23. The predicted molar refractivity (Wildman–Crippen MR) is 50.9 cm³/mol. The van der Waals surface area contributed by atoms with Crippen LogP contribution in [0.4, 0.5) is 13.2 Å². The first kappa shape index (κ1) is 12.0. The highest BCUT2D eigenvalue weighted by atomic mass is 35.5. The van der Waals surface area contributed by atoms with Gasteiger partial charge in [0.2, 0.25) is 0 Å². The van der Waals surface area contributed by atoms with E-state index in [1.54, 1.807) is 6.92 Å². The molecular formula is C10H8ClF3O. The third kappa shape index (κ3) is 2.72. The quantitative estimate of drug-likeness (QED) is 0.716. The van der Waals surface area contributed by atoms with Crippen molar-refractivity contribution in [3.8, 4) is 0 Å². The molecule has 0 bridgehead atoms. The number of rotatable bonds is 2. The zero-order valence-corrected chi connectivity index (χ0v) is 8.56. The lowest BCUT2D eigenvalue weighted by Crippen LogP contribution is -2.06. The van der Waals surface area contributed by atoms with E-state index in [1.165, 1.54) is 6.07 Å². The molecule has 0 radical (unpaired) electrons. The third-order valence-corrected chi connectivity index (χ3v) is 2.35. The number of halogens is 4. The monoisotopic (exact) mass is 236 g/mol. The minimum Gasteiger partial charge on any atom is -0.303 e. The molecule has 15 heavy (non-hydrogen) atoms. The van der Waals surface area contributed by atoms with Gasteiger partial charge in [-0.1, -0.05) is 24.6 Å². The molecule has 0 fully saturated rings. The number of carbonyl (C=O) groups excluding carboxylic acids is 1. The van der Waals surface area contributed by atoms with E-state index in [2.05, 4.69) is 0 Å². The standard InChI is InChI=1S/C10H8ClF3O/c1-6(5-15)8-3-2-7(4-9(8)11)10(12,13)14/h2-6H,1H3. The summed E-state index contributed by atoms with van der Waals surface area (Å²) in [7, 11) is 0. The Bertz CT molecular complexity index is 373. The third-order valence-electron chi connectivity index (χ3n) is 2.02. The van der Waals surface area contributed by atoms with E-state index in [1.807, 2.05) is 0 Å². The lowest BCUT2D eigenvalue weighted by Gasteiger charge is -2.11. The van der Waals surface area contributed by atoms with Gasteiger partial charge in [0.15, 0.2) is 0 Å². The van der Waals surface area contributed by atoms with Crippen molar-refractivity contribution in [2.75, 3.05) is 0 Å². The second-order valence-corrected chi connectivity index (χ2v) is 3.57. The maximum Gasteiger partial charge on any atom is 0.416 e. The normalized spacial score (nSPS) is 13.7. The van der Waals surface area contributed by atoms with Crippen LogP contribution < -0.4 is 0 Å². The van der Waals surface area contributed by atoms with Crippen LogP contribution in [0, 0.1) is 0 Å². The van der Waals surface area contributed by atoms with E-state index in [-0.39, 0.29) is 5.02 Å². The molecule has 0 N–H and O–H groups in total. The Morgan fingerprint density at radius 2 is 2.00 bits per heavy atom. The summed E-state index contributed by atoms with van der Waals surface area (Å²) in [5.74, 6) is -0.500. The molecule has 0 aromatic heterocycles. The second-order valence-electron chi connectivity index (χ2n) is 3.16. The molecule has 0 aliphatic rings. The van der Waals surface area contributed by atoms with Crippen molar-refractivity contribution in [1.82, 2.24) is 0 Å². The molecule has 5 heteroatoms. The number of carbonyl (C=O) groups is 1. The van der Waals surface area contributed by atoms with Crippen LogP contribution in [0.2, 0.25) is 5.02 Å². The molecule has 0 saturated heterocycles. The van der Waals surface area contributed by atoms with Crippen molar-refractivity contribution >= 4 is 17.9 Å². The summed E-state index contributed by atoms with van der Waals surface area (Å²) in [5, 5.41) is -0.0376. The topological polar surface area (TPSA) is 17.1 Å². The van der Waals surface area contributed by atoms with Crippen LogP contribution in [-0.4, -0.2) is 6.29 Å². The van der Waals surface area contributed by atoms with Gasteiger partial charge in [0.25, 0.3) is 0 Å². The molecule has 0 spiro atoms. The van der Waals surface area contributed by atoms with Crippen molar-refractivity contribution < 1.29 is 18.0 Å². The molecule has 1 rings (SSSR count). The van der Waals surface area contributed by atoms with Gasteiger partial charge >= 0.3 is 6.18 Å². The van der Waals surface area contributed by atoms with Gasteiger partial charge in [-0.3, -0.25) is 0 Å². The zero-order chi connectivity index (χ0) is 11.6. The lowest BCUT2D eigenvalue weighted by molar-refractivity contribution is -0.137. The van der Waals surface area contributed by atoms with E-state index in [0.717, 1.165) is 12.1 Å². The highest BCUT2D eigenvalue weighted by molar-refractivity contribution is 6.31. The Morgan fingerprint density at radius 1 is 1.40 bits per heavy atom. The highest BCUT2D eigenvalue weighted by Gasteiger charge is 2.31. The molecule has 0 amide bonds. The van der Waals surface area contributed by atoms with E-state index >= 15 is 0 Å². The van der Waals surface area contributed by atoms with Crippen molar-refractivity contribution in [2.24, 2.45) is 0 Å². The summed E-state index contributed by atoms with van der Waals surface area (Å²) in [6.07, 6.45) is -3.78. The Kier molecular flexibility index (Phi) is 3.39. The van der Waals surface area contributed by atoms with E-state index in [4.69, 9.17) is 11.6 Å². The fourth-order valence-corrected chi connectivity index (χ4v) is 1.50. The minimum atomic E-state index is -4.41. The van der Waals surface area contributed by atoms with Crippen LogP contribution in [0.25, 0.3) is 0 Å². The Morgan fingerprint density at radius 3 is 2.40 bits per heavy atom.